The number of rotatable bonds is 7. The van der Waals surface area contributed by atoms with Crippen molar-refractivity contribution in [3.05, 3.63) is 53.8 Å². The van der Waals surface area contributed by atoms with Gasteiger partial charge >= 0.3 is 5.97 Å². The van der Waals surface area contributed by atoms with Gasteiger partial charge in [-0.25, -0.2) is 0 Å². The molecule has 0 fully saturated rings. The summed E-state index contributed by atoms with van der Waals surface area (Å²) in [6.07, 6.45) is 2.21. The molecule has 0 aliphatic heterocycles. The number of carbonyl (C=O) groups is 2. The fourth-order valence-corrected chi connectivity index (χ4v) is 2.38. The zero-order valence-corrected chi connectivity index (χ0v) is 12.9. The Kier molecular flexibility index (Phi) is 5.66. The second kappa shape index (κ2) is 7.70. The summed E-state index contributed by atoms with van der Waals surface area (Å²) in [7, 11) is 0. The summed E-state index contributed by atoms with van der Waals surface area (Å²) in [6.45, 7) is 0.0539. The van der Waals surface area contributed by atoms with Gasteiger partial charge in [0.2, 0.25) is 0 Å². The second-order valence-corrected chi connectivity index (χ2v) is 5.57. The summed E-state index contributed by atoms with van der Waals surface area (Å²) in [5, 5.41) is 12.5. The lowest BCUT2D eigenvalue weighted by Gasteiger charge is -2.13. The van der Waals surface area contributed by atoms with E-state index in [4.69, 9.17) is 4.42 Å². The average Bonchev–Trinajstić information content (AvgIpc) is 3.01. The standard InChI is InChI=1S/C16H17NO4S/c1-22-14-8-7-13(21-14)15(18)17-10-12(16(19)20)9-11-5-3-2-4-6-11/h2-8,12H,9-10H2,1H3,(H,17,18)(H,19,20). The van der Waals surface area contributed by atoms with Gasteiger partial charge in [0, 0.05) is 6.54 Å². The third kappa shape index (κ3) is 4.39. The lowest BCUT2D eigenvalue weighted by molar-refractivity contribution is -0.141. The van der Waals surface area contributed by atoms with Gasteiger partial charge in [0.1, 0.15) is 0 Å². The van der Waals surface area contributed by atoms with Crippen LogP contribution in [0.4, 0.5) is 0 Å². The Bertz CT molecular complexity index is 639. The Morgan fingerprint density at radius 3 is 2.55 bits per heavy atom. The molecule has 0 saturated heterocycles. The Morgan fingerprint density at radius 1 is 1.23 bits per heavy atom. The maximum Gasteiger partial charge on any atom is 0.308 e. The molecule has 0 aliphatic carbocycles. The highest BCUT2D eigenvalue weighted by molar-refractivity contribution is 7.98. The van der Waals surface area contributed by atoms with Gasteiger partial charge in [-0.15, -0.1) is 0 Å². The average molecular weight is 319 g/mol. The molecule has 1 amide bonds. The molecule has 2 rings (SSSR count). The highest BCUT2D eigenvalue weighted by atomic mass is 32.2. The first-order valence-corrected chi connectivity index (χ1v) is 8.01. The number of furan rings is 1. The van der Waals surface area contributed by atoms with Crippen molar-refractivity contribution in [1.82, 2.24) is 5.32 Å². The first-order valence-electron chi connectivity index (χ1n) is 6.79. The fourth-order valence-electron chi connectivity index (χ4n) is 2.00. The van der Waals surface area contributed by atoms with Gasteiger partial charge in [-0.3, -0.25) is 9.59 Å². The van der Waals surface area contributed by atoms with Gasteiger partial charge in [0.05, 0.1) is 5.92 Å². The summed E-state index contributed by atoms with van der Waals surface area (Å²) in [5.74, 6) is -1.83. The van der Waals surface area contributed by atoms with E-state index < -0.39 is 17.8 Å². The van der Waals surface area contributed by atoms with E-state index in [2.05, 4.69) is 5.32 Å². The van der Waals surface area contributed by atoms with Gasteiger partial charge in [-0.05, 0) is 30.4 Å². The minimum absolute atomic E-state index is 0.0539. The number of benzene rings is 1. The fraction of sp³-hybridized carbons (Fsp3) is 0.250. The van der Waals surface area contributed by atoms with Gasteiger partial charge in [0.25, 0.3) is 5.91 Å². The van der Waals surface area contributed by atoms with E-state index in [1.165, 1.54) is 11.8 Å². The Balaban J connectivity index is 1.94. The predicted octanol–water partition coefficient (Wildman–Crippen LogP) is 2.67. The van der Waals surface area contributed by atoms with Crippen LogP contribution in [0.1, 0.15) is 16.1 Å². The minimum atomic E-state index is -0.937. The summed E-state index contributed by atoms with van der Waals surface area (Å²) < 4.78 is 5.31. The summed E-state index contributed by atoms with van der Waals surface area (Å²) in [6, 6.07) is 12.6. The number of aliphatic carboxylic acids is 1. The first kappa shape index (κ1) is 16.2. The van der Waals surface area contributed by atoms with E-state index in [0.717, 1.165) is 5.56 Å². The van der Waals surface area contributed by atoms with Crippen LogP contribution < -0.4 is 5.32 Å². The summed E-state index contributed by atoms with van der Waals surface area (Å²) >= 11 is 1.40. The van der Waals surface area contributed by atoms with Crippen molar-refractivity contribution in [3.8, 4) is 0 Å². The molecule has 1 heterocycles. The van der Waals surface area contributed by atoms with E-state index in [1.807, 2.05) is 36.6 Å². The maximum atomic E-state index is 11.9. The van der Waals surface area contributed by atoms with E-state index in [1.54, 1.807) is 12.1 Å². The first-order chi connectivity index (χ1) is 10.6. The Hall–Kier alpha value is -2.21. The zero-order valence-electron chi connectivity index (χ0n) is 12.1. The van der Waals surface area contributed by atoms with Crippen LogP contribution in [0, 0.1) is 5.92 Å². The monoisotopic (exact) mass is 319 g/mol. The molecule has 1 aromatic heterocycles. The number of hydrogen-bond acceptors (Lipinski definition) is 4. The second-order valence-electron chi connectivity index (χ2n) is 4.76. The van der Waals surface area contributed by atoms with Crippen LogP contribution in [0.25, 0.3) is 0 Å². The number of hydrogen-bond donors (Lipinski definition) is 2. The summed E-state index contributed by atoms with van der Waals surface area (Å²) in [4.78, 5) is 23.3. The highest BCUT2D eigenvalue weighted by Gasteiger charge is 2.20. The molecule has 0 aliphatic rings. The Morgan fingerprint density at radius 2 is 1.95 bits per heavy atom. The maximum absolute atomic E-state index is 11.9. The smallest absolute Gasteiger partial charge is 0.308 e. The minimum Gasteiger partial charge on any atom is -0.481 e. The van der Waals surface area contributed by atoms with E-state index >= 15 is 0 Å². The molecule has 1 atom stereocenters. The molecule has 0 spiro atoms. The summed E-state index contributed by atoms with van der Waals surface area (Å²) in [5.41, 5.74) is 0.923. The molecular formula is C16H17NO4S. The van der Waals surface area contributed by atoms with Crippen LogP contribution in [0.2, 0.25) is 0 Å². The van der Waals surface area contributed by atoms with Crippen LogP contribution in [-0.4, -0.2) is 29.8 Å². The van der Waals surface area contributed by atoms with Crippen LogP contribution in [0.3, 0.4) is 0 Å². The van der Waals surface area contributed by atoms with Crippen molar-refractivity contribution in [2.75, 3.05) is 12.8 Å². The highest BCUT2D eigenvalue weighted by Crippen LogP contribution is 2.18. The third-order valence-electron chi connectivity index (χ3n) is 3.19. The molecule has 0 saturated carbocycles. The number of carboxylic acids is 1. The lowest BCUT2D eigenvalue weighted by atomic mass is 9.99. The van der Waals surface area contributed by atoms with Gasteiger partial charge in [-0.1, -0.05) is 42.1 Å². The van der Waals surface area contributed by atoms with Gasteiger partial charge < -0.3 is 14.8 Å². The van der Waals surface area contributed by atoms with Crippen molar-refractivity contribution in [2.24, 2.45) is 5.92 Å². The van der Waals surface area contributed by atoms with Crippen molar-refractivity contribution in [1.29, 1.82) is 0 Å². The molecule has 1 aromatic carbocycles. The van der Waals surface area contributed by atoms with Crippen molar-refractivity contribution < 1.29 is 19.1 Å². The molecule has 116 valence electrons. The van der Waals surface area contributed by atoms with E-state index in [-0.39, 0.29) is 12.3 Å². The topological polar surface area (TPSA) is 79.5 Å². The molecule has 2 aromatic rings. The van der Waals surface area contributed by atoms with Crippen LogP contribution in [-0.2, 0) is 11.2 Å². The largest absolute Gasteiger partial charge is 0.481 e. The number of nitrogens with one attached hydrogen (secondary N) is 1. The molecule has 0 radical (unpaired) electrons. The van der Waals surface area contributed by atoms with Crippen LogP contribution in [0.15, 0.2) is 52.0 Å². The van der Waals surface area contributed by atoms with Crippen LogP contribution >= 0.6 is 11.8 Å². The number of carbonyl (C=O) groups excluding carboxylic acids is 1. The van der Waals surface area contributed by atoms with E-state index in [0.29, 0.717) is 11.5 Å². The molecule has 2 N–H and O–H groups in total. The Labute approximate surface area is 132 Å². The molecular weight excluding hydrogens is 302 g/mol. The zero-order chi connectivity index (χ0) is 15.9. The third-order valence-corrected chi connectivity index (χ3v) is 3.81. The number of amides is 1. The predicted molar refractivity (Wildman–Crippen MR) is 84.1 cm³/mol. The van der Waals surface area contributed by atoms with Gasteiger partial charge in [0.15, 0.2) is 10.9 Å². The van der Waals surface area contributed by atoms with Gasteiger partial charge in [-0.2, -0.15) is 0 Å². The SMILES string of the molecule is CSc1ccc(C(=O)NCC(Cc2ccccc2)C(=O)O)o1. The number of carboxylic acid groups (broad SMARTS) is 1. The molecule has 22 heavy (non-hydrogen) atoms. The van der Waals surface area contributed by atoms with Crippen LogP contribution in [0.5, 0.6) is 0 Å². The molecule has 0 bridgehead atoms. The molecule has 1 unspecified atom stereocenters. The quantitative estimate of drug-likeness (QED) is 0.767. The van der Waals surface area contributed by atoms with Crippen molar-refractivity contribution in [3.63, 3.8) is 0 Å². The van der Waals surface area contributed by atoms with E-state index in [9.17, 15) is 14.7 Å². The van der Waals surface area contributed by atoms with Crippen molar-refractivity contribution in [2.45, 2.75) is 11.5 Å². The number of thioether (sulfide) groups is 1. The normalized spacial score (nSPS) is 11.9. The molecule has 5 nitrogen and oxygen atoms in total. The molecule has 6 heteroatoms. The van der Waals surface area contributed by atoms with Crippen molar-refractivity contribution >= 4 is 23.6 Å². The lowest BCUT2D eigenvalue weighted by Crippen LogP contribution is -2.33.